The Kier molecular flexibility index (Phi) is 5.94. The lowest BCUT2D eigenvalue weighted by Crippen LogP contribution is -1.95. The van der Waals surface area contributed by atoms with E-state index in [9.17, 15) is 9.18 Å². The number of carbonyl (C=O) groups is 1. The van der Waals surface area contributed by atoms with Gasteiger partial charge in [-0.15, -0.1) is 0 Å². The third-order valence-electron chi connectivity index (χ3n) is 3.70. The number of rotatable bonds is 7. The third kappa shape index (κ3) is 4.99. The summed E-state index contributed by atoms with van der Waals surface area (Å²) in [5.41, 5.74) is 0.520. The Morgan fingerprint density at radius 1 is 1.19 bits per heavy atom. The van der Waals surface area contributed by atoms with Gasteiger partial charge in [-0.25, -0.2) is 4.39 Å². The van der Waals surface area contributed by atoms with E-state index >= 15 is 0 Å². The maximum Gasteiger partial charge on any atom is 0.186 e. The van der Waals surface area contributed by atoms with Gasteiger partial charge in [-0.1, -0.05) is 23.7 Å². The molecule has 3 aromatic rings. The average Bonchev–Trinajstić information content (AvgIpc) is 3.13. The Morgan fingerprint density at radius 3 is 2.81 bits per heavy atom. The van der Waals surface area contributed by atoms with Gasteiger partial charge in [0, 0.05) is 5.56 Å². The van der Waals surface area contributed by atoms with E-state index in [1.54, 1.807) is 49.6 Å². The van der Waals surface area contributed by atoms with Gasteiger partial charge in [0.2, 0.25) is 0 Å². The normalized spacial score (nSPS) is 10.9. The van der Waals surface area contributed by atoms with E-state index in [-0.39, 0.29) is 17.4 Å². The van der Waals surface area contributed by atoms with Crippen molar-refractivity contribution in [2.24, 2.45) is 0 Å². The molecule has 0 N–H and O–H groups in total. The highest BCUT2D eigenvalue weighted by Crippen LogP contribution is 2.26. The lowest BCUT2D eigenvalue weighted by atomic mass is 10.1. The summed E-state index contributed by atoms with van der Waals surface area (Å²) >= 11 is 5.91. The number of furan rings is 1. The fourth-order valence-corrected chi connectivity index (χ4v) is 2.55. The van der Waals surface area contributed by atoms with Crippen molar-refractivity contribution < 1.29 is 23.1 Å². The molecule has 0 fully saturated rings. The molecule has 0 saturated heterocycles. The molecule has 3 rings (SSSR count). The molecule has 2 aromatic carbocycles. The molecule has 1 heterocycles. The Labute approximate surface area is 160 Å². The fourth-order valence-electron chi connectivity index (χ4n) is 2.33. The van der Waals surface area contributed by atoms with Crippen LogP contribution in [0.1, 0.15) is 21.9 Å². The van der Waals surface area contributed by atoms with Gasteiger partial charge < -0.3 is 13.9 Å². The summed E-state index contributed by atoms with van der Waals surface area (Å²) in [6.45, 7) is 0.128. The van der Waals surface area contributed by atoms with Crippen molar-refractivity contribution in [3.63, 3.8) is 0 Å². The molecular formula is C21H16ClFO4. The van der Waals surface area contributed by atoms with Crippen molar-refractivity contribution in [2.45, 2.75) is 6.61 Å². The monoisotopic (exact) mass is 386 g/mol. The number of carbonyl (C=O) groups excluding carboxylic acids is 1. The number of halogens is 2. The molecule has 0 aliphatic carbocycles. The van der Waals surface area contributed by atoms with Crippen LogP contribution in [0.15, 0.2) is 65.1 Å². The molecule has 138 valence electrons. The topological polar surface area (TPSA) is 48.7 Å². The Balaban J connectivity index is 1.61. The molecule has 0 aliphatic rings. The van der Waals surface area contributed by atoms with Gasteiger partial charge in [0.1, 0.15) is 35.4 Å². The standard InChI is InChI=1S/C21H16ClFO4/c1-25-17-4-2-3-14(11-17)20(24)9-8-16-6-7-18(27-16)13-26-21-10-5-15(23)12-19(21)22/h2-12H,13H2,1H3/b9-8+. The van der Waals surface area contributed by atoms with Crippen molar-refractivity contribution in [1.29, 1.82) is 0 Å². The van der Waals surface area contributed by atoms with Gasteiger partial charge in [0.15, 0.2) is 5.78 Å². The molecule has 0 radical (unpaired) electrons. The molecule has 1 aromatic heterocycles. The van der Waals surface area contributed by atoms with E-state index in [4.69, 9.17) is 25.5 Å². The zero-order valence-corrected chi connectivity index (χ0v) is 15.2. The number of allylic oxidation sites excluding steroid dienone is 1. The van der Waals surface area contributed by atoms with Crippen LogP contribution in [0.2, 0.25) is 5.02 Å². The van der Waals surface area contributed by atoms with Crippen molar-refractivity contribution in [2.75, 3.05) is 7.11 Å². The molecule has 0 aliphatic heterocycles. The molecule has 4 nitrogen and oxygen atoms in total. The van der Waals surface area contributed by atoms with Gasteiger partial charge in [0.25, 0.3) is 0 Å². The molecule has 0 atom stereocenters. The van der Waals surface area contributed by atoms with Crippen LogP contribution in [-0.2, 0) is 6.61 Å². The average molecular weight is 387 g/mol. The largest absolute Gasteiger partial charge is 0.497 e. The zero-order chi connectivity index (χ0) is 19.2. The lowest BCUT2D eigenvalue weighted by molar-refractivity contribution is 0.104. The minimum Gasteiger partial charge on any atom is -0.497 e. The first kappa shape index (κ1) is 18.7. The van der Waals surface area contributed by atoms with Gasteiger partial charge in [-0.3, -0.25) is 4.79 Å². The second kappa shape index (κ2) is 8.56. The van der Waals surface area contributed by atoms with E-state index < -0.39 is 5.82 Å². The molecule has 0 saturated carbocycles. The van der Waals surface area contributed by atoms with Crippen LogP contribution in [0, 0.1) is 5.82 Å². The Morgan fingerprint density at radius 2 is 2.04 bits per heavy atom. The number of ether oxygens (including phenoxy) is 2. The zero-order valence-electron chi connectivity index (χ0n) is 14.4. The second-order valence-electron chi connectivity index (χ2n) is 5.60. The first-order valence-electron chi connectivity index (χ1n) is 8.08. The predicted molar refractivity (Wildman–Crippen MR) is 101 cm³/mol. The summed E-state index contributed by atoms with van der Waals surface area (Å²) in [6.07, 6.45) is 3.01. The van der Waals surface area contributed by atoms with Crippen LogP contribution in [-0.4, -0.2) is 12.9 Å². The Bertz CT molecular complexity index is 978. The van der Waals surface area contributed by atoms with E-state index in [1.807, 2.05) is 0 Å². The lowest BCUT2D eigenvalue weighted by Gasteiger charge is -2.06. The fraction of sp³-hybridized carbons (Fsp3) is 0.0952. The number of methoxy groups -OCH3 is 1. The van der Waals surface area contributed by atoms with Crippen LogP contribution in [0.4, 0.5) is 4.39 Å². The molecular weight excluding hydrogens is 371 g/mol. The van der Waals surface area contributed by atoms with Gasteiger partial charge in [-0.05, 0) is 54.6 Å². The molecule has 6 heteroatoms. The first-order chi connectivity index (χ1) is 13.0. The van der Waals surface area contributed by atoms with E-state index in [0.717, 1.165) is 0 Å². The van der Waals surface area contributed by atoms with Gasteiger partial charge in [-0.2, -0.15) is 0 Å². The van der Waals surface area contributed by atoms with Crippen molar-refractivity contribution in [3.05, 3.63) is 88.6 Å². The van der Waals surface area contributed by atoms with Crippen molar-refractivity contribution >= 4 is 23.5 Å². The minimum absolute atomic E-state index is 0.128. The maximum atomic E-state index is 13.0. The molecule has 27 heavy (non-hydrogen) atoms. The highest BCUT2D eigenvalue weighted by molar-refractivity contribution is 6.32. The molecule has 0 amide bonds. The van der Waals surface area contributed by atoms with Gasteiger partial charge >= 0.3 is 0 Å². The highest BCUT2D eigenvalue weighted by atomic mass is 35.5. The van der Waals surface area contributed by atoms with Crippen LogP contribution in [0.3, 0.4) is 0 Å². The highest BCUT2D eigenvalue weighted by Gasteiger charge is 2.07. The molecule has 0 spiro atoms. The number of ketones is 1. The molecule has 0 unspecified atom stereocenters. The van der Waals surface area contributed by atoms with Crippen LogP contribution < -0.4 is 9.47 Å². The predicted octanol–water partition coefficient (Wildman–Crippen LogP) is 5.56. The number of benzene rings is 2. The van der Waals surface area contributed by atoms with Crippen molar-refractivity contribution in [1.82, 2.24) is 0 Å². The second-order valence-corrected chi connectivity index (χ2v) is 6.00. The third-order valence-corrected chi connectivity index (χ3v) is 3.99. The maximum absolute atomic E-state index is 13.0. The summed E-state index contributed by atoms with van der Waals surface area (Å²) in [4.78, 5) is 12.2. The van der Waals surface area contributed by atoms with Gasteiger partial charge in [0.05, 0.1) is 12.1 Å². The van der Waals surface area contributed by atoms with Crippen LogP contribution in [0.5, 0.6) is 11.5 Å². The summed E-state index contributed by atoms with van der Waals surface area (Å²) < 4.78 is 29.2. The summed E-state index contributed by atoms with van der Waals surface area (Å²) in [5.74, 6) is 1.43. The summed E-state index contributed by atoms with van der Waals surface area (Å²) in [6, 6.07) is 14.2. The minimum atomic E-state index is -0.432. The smallest absolute Gasteiger partial charge is 0.186 e. The Hall–Kier alpha value is -3.05. The summed E-state index contributed by atoms with van der Waals surface area (Å²) in [5, 5.41) is 0.186. The van der Waals surface area contributed by atoms with E-state index in [2.05, 4.69) is 0 Å². The number of hydrogen-bond donors (Lipinski definition) is 0. The SMILES string of the molecule is COc1cccc(C(=O)/C=C/c2ccc(COc3ccc(F)cc3Cl)o2)c1. The number of hydrogen-bond acceptors (Lipinski definition) is 4. The molecule has 0 bridgehead atoms. The summed E-state index contributed by atoms with van der Waals surface area (Å²) in [7, 11) is 1.55. The van der Waals surface area contributed by atoms with Crippen LogP contribution in [0.25, 0.3) is 6.08 Å². The quantitative estimate of drug-likeness (QED) is 0.394. The van der Waals surface area contributed by atoms with E-state index in [0.29, 0.717) is 28.6 Å². The van der Waals surface area contributed by atoms with Crippen molar-refractivity contribution in [3.8, 4) is 11.5 Å². The van der Waals surface area contributed by atoms with E-state index in [1.165, 1.54) is 24.3 Å². The first-order valence-corrected chi connectivity index (χ1v) is 8.46. The van der Waals surface area contributed by atoms with Crippen LogP contribution >= 0.6 is 11.6 Å².